The first-order valence-electron chi connectivity index (χ1n) is 4.45. The molecule has 2 rings (SSSR count). The van der Waals surface area contributed by atoms with Crippen LogP contribution in [0, 0.1) is 0 Å². The molecule has 1 aliphatic heterocycles. The Kier molecular flexibility index (Phi) is 2.24. The molecule has 0 unspecified atom stereocenters. The van der Waals surface area contributed by atoms with E-state index in [2.05, 4.69) is 10.3 Å². The number of nitrogens with zero attached hydrogens (tertiary/aromatic N) is 2. The lowest BCUT2D eigenvalue weighted by Crippen LogP contribution is -2.30. The van der Waals surface area contributed by atoms with E-state index in [1.165, 1.54) is 0 Å². The Balaban J connectivity index is 2.11. The SMILES string of the molecule is Nc1ccc(CN2C(=O)CNC2=O)cn1. The Hall–Kier alpha value is -2.11. The van der Waals surface area contributed by atoms with Crippen LogP contribution in [0.3, 0.4) is 0 Å². The lowest BCUT2D eigenvalue weighted by Gasteiger charge is -2.11. The van der Waals surface area contributed by atoms with Crippen LogP contribution in [-0.2, 0) is 11.3 Å². The molecule has 0 radical (unpaired) electrons. The fourth-order valence-electron chi connectivity index (χ4n) is 1.33. The molecule has 1 aromatic rings. The first-order valence-corrected chi connectivity index (χ1v) is 4.45. The number of nitrogens with two attached hydrogens (primary N) is 1. The van der Waals surface area contributed by atoms with Crippen LogP contribution >= 0.6 is 0 Å². The molecule has 0 aliphatic carbocycles. The highest BCUT2D eigenvalue weighted by Crippen LogP contribution is 2.08. The number of carbonyl (C=O) groups is 2. The van der Waals surface area contributed by atoms with E-state index in [9.17, 15) is 9.59 Å². The maximum Gasteiger partial charge on any atom is 0.324 e. The van der Waals surface area contributed by atoms with Crippen LogP contribution in [0.1, 0.15) is 5.56 Å². The number of hydrogen-bond acceptors (Lipinski definition) is 4. The summed E-state index contributed by atoms with van der Waals surface area (Å²) >= 11 is 0. The monoisotopic (exact) mass is 206 g/mol. The highest BCUT2D eigenvalue weighted by molar-refractivity contribution is 6.01. The molecule has 15 heavy (non-hydrogen) atoms. The smallest absolute Gasteiger partial charge is 0.324 e. The van der Waals surface area contributed by atoms with Crippen molar-refractivity contribution in [2.75, 3.05) is 12.3 Å². The molecule has 1 fully saturated rings. The Morgan fingerprint density at radius 1 is 1.47 bits per heavy atom. The maximum absolute atomic E-state index is 11.3. The summed E-state index contributed by atoms with van der Waals surface area (Å²) in [6.45, 7) is 0.305. The van der Waals surface area contributed by atoms with Crippen LogP contribution in [0.2, 0.25) is 0 Å². The van der Waals surface area contributed by atoms with Gasteiger partial charge in [0.15, 0.2) is 0 Å². The average Bonchev–Trinajstić information content (AvgIpc) is 2.53. The van der Waals surface area contributed by atoms with E-state index in [1.54, 1.807) is 18.3 Å². The van der Waals surface area contributed by atoms with Gasteiger partial charge in [0.25, 0.3) is 0 Å². The van der Waals surface area contributed by atoms with Crippen molar-refractivity contribution in [3.8, 4) is 0 Å². The zero-order chi connectivity index (χ0) is 10.8. The number of anilines is 1. The van der Waals surface area contributed by atoms with Crippen molar-refractivity contribution >= 4 is 17.8 Å². The minimum absolute atomic E-state index is 0.0707. The van der Waals surface area contributed by atoms with Gasteiger partial charge >= 0.3 is 6.03 Å². The van der Waals surface area contributed by atoms with Crippen molar-refractivity contribution in [2.45, 2.75) is 6.54 Å². The number of nitrogens with one attached hydrogen (secondary N) is 1. The van der Waals surface area contributed by atoms with Gasteiger partial charge in [-0.25, -0.2) is 9.78 Å². The molecule has 0 atom stereocenters. The second-order valence-electron chi connectivity index (χ2n) is 3.23. The molecule has 0 saturated carbocycles. The summed E-state index contributed by atoms with van der Waals surface area (Å²) in [7, 11) is 0. The summed E-state index contributed by atoms with van der Waals surface area (Å²) in [6, 6.07) is 3.01. The van der Waals surface area contributed by atoms with Crippen LogP contribution in [0.25, 0.3) is 0 Å². The van der Waals surface area contributed by atoms with E-state index >= 15 is 0 Å². The lowest BCUT2D eigenvalue weighted by atomic mass is 10.2. The Morgan fingerprint density at radius 3 is 2.80 bits per heavy atom. The molecule has 0 aromatic carbocycles. The van der Waals surface area contributed by atoms with E-state index in [0.29, 0.717) is 5.82 Å². The minimum Gasteiger partial charge on any atom is -0.384 e. The summed E-state index contributed by atoms with van der Waals surface area (Å²) in [4.78, 5) is 27.5. The first-order chi connectivity index (χ1) is 7.16. The number of imide groups is 1. The lowest BCUT2D eigenvalue weighted by molar-refractivity contribution is -0.125. The van der Waals surface area contributed by atoms with E-state index in [1.807, 2.05) is 0 Å². The number of hydrogen-bond donors (Lipinski definition) is 2. The number of urea groups is 1. The first kappa shape index (κ1) is 9.45. The molecule has 78 valence electrons. The molecule has 3 N–H and O–H groups in total. The predicted octanol–water partition coefficient (Wildman–Crippen LogP) is -0.284. The quantitative estimate of drug-likeness (QED) is 0.651. The Bertz CT molecular complexity index is 385. The van der Waals surface area contributed by atoms with Gasteiger partial charge < -0.3 is 11.1 Å². The second kappa shape index (κ2) is 3.56. The number of rotatable bonds is 2. The topological polar surface area (TPSA) is 88.3 Å². The maximum atomic E-state index is 11.3. The molecule has 0 bridgehead atoms. The summed E-state index contributed by atoms with van der Waals surface area (Å²) < 4.78 is 0. The van der Waals surface area contributed by atoms with E-state index in [-0.39, 0.29) is 25.0 Å². The van der Waals surface area contributed by atoms with Gasteiger partial charge in [0.05, 0.1) is 13.1 Å². The van der Waals surface area contributed by atoms with Crippen molar-refractivity contribution in [3.05, 3.63) is 23.9 Å². The summed E-state index contributed by atoms with van der Waals surface area (Å²) in [5.41, 5.74) is 6.19. The van der Waals surface area contributed by atoms with Gasteiger partial charge in [-0.05, 0) is 11.6 Å². The van der Waals surface area contributed by atoms with Crippen molar-refractivity contribution < 1.29 is 9.59 Å². The van der Waals surface area contributed by atoms with Gasteiger partial charge in [0, 0.05) is 6.20 Å². The van der Waals surface area contributed by atoms with Crippen LogP contribution in [-0.4, -0.2) is 28.4 Å². The fourth-order valence-corrected chi connectivity index (χ4v) is 1.33. The van der Waals surface area contributed by atoms with Crippen molar-refractivity contribution in [1.82, 2.24) is 15.2 Å². The van der Waals surface area contributed by atoms with Crippen molar-refractivity contribution in [2.24, 2.45) is 0 Å². The number of aromatic nitrogens is 1. The van der Waals surface area contributed by atoms with Gasteiger partial charge in [-0.2, -0.15) is 0 Å². The fraction of sp³-hybridized carbons (Fsp3) is 0.222. The molecule has 6 nitrogen and oxygen atoms in total. The van der Waals surface area contributed by atoms with Gasteiger partial charge in [-0.3, -0.25) is 9.69 Å². The third-order valence-electron chi connectivity index (χ3n) is 2.13. The standard InChI is InChI=1S/C9H10N4O2/c10-7-2-1-6(3-11-7)5-13-8(14)4-12-9(13)15/h1-3H,4-5H2,(H2,10,11)(H,12,15). The van der Waals surface area contributed by atoms with Gasteiger partial charge in [-0.15, -0.1) is 0 Å². The highest BCUT2D eigenvalue weighted by Gasteiger charge is 2.28. The minimum atomic E-state index is -0.364. The zero-order valence-electron chi connectivity index (χ0n) is 7.93. The number of pyridine rings is 1. The van der Waals surface area contributed by atoms with Gasteiger partial charge in [-0.1, -0.05) is 6.07 Å². The molecule has 1 saturated heterocycles. The van der Waals surface area contributed by atoms with E-state index in [0.717, 1.165) is 10.5 Å². The average molecular weight is 206 g/mol. The largest absolute Gasteiger partial charge is 0.384 e. The van der Waals surface area contributed by atoms with Crippen LogP contribution in [0.15, 0.2) is 18.3 Å². The molecule has 6 heteroatoms. The van der Waals surface area contributed by atoms with Crippen LogP contribution in [0.4, 0.5) is 10.6 Å². The number of nitrogen functional groups attached to an aromatic ring is 1. The van der Waals surface area contributed by atoms with Crippen molar-refractivity contribution in [3.63, 3.8) is 0 Å². The number of carbonyl (C=O) groups excluding carboxylic acids is 2. The normalized spacial score (nSPS) is 15.6. The summed E-state index contributed by atoms with van der Waals surface area (Å²) in [5, 5.41) is 2.44. The number of amides is 3. The second-order valence-corrected chi connectivity index (χ2v) is 3.23. The Labute approximate surface area is 86.1 Å². The third-order valence-corrected chi connectivity index (χ3v) is 2.13. The van der Waals surface area contributed by atoms with E-state index < -0.39 is 0 Å². The third kappa shape index (κ3) is 1.88. The molecular weight excluding hydrogens is 196 g/mol. The van der Waals surface area contributed by atoms with Crippen LogP contribution in [0.5, 0.6) is 0 Å². The highest BCUT2D eigenvalue weighted by atomic mass is 16.2. The van der Waals surface area contributed by atoms with E-state index in [4.69, 9.17) is 5.73 Å². The van der Waals surface area contributed by atoms with Gasteiger partial charge in [0.1, 0.15) is 5.82 Å². The Morgan fingerprint density at radius 2 is 2.27 bits per heavy atom. The molecule has 2 heterocycles. The molecular formula is C9H10N4O2. The molecule has 3 amide bonds. The molecule has 1 aliphatic rings. The van der Waals surface area contributed by atoms with Gasteiger partial charge in [0.2, 0.25) is 5.91 Å². The summed E-state index contributed by atoms with van der Waals surface area (Å²) in [6.07, 6.45) is 1.55. The molecule has 0 spiro atoms. The predicted molar refractivity (Wildman–Crippen MR) is 52.6 cm³/mol. The summed E-state index contributed by atoms with van der Waals surface area (Å²) in [5.74, 6) is 0.188. The zero-order valence-corrected chi connectivity index (χ0v) is 7.93. The molecule has 1 aromatic heterocycles. The van der Waals surface area contributed by atoms with Crippen LogP contribution < -0.4 is 11.1 Å². The van der Waals surface area contributed by atoms with Crippen molar-refractivity contribution in [1.29, 1.82) is 0 Å².